The van der Waals surface area contributed by atoms with Crippen molar-refractivity contribution in [2.75, 3.05) is 4.90 Å². The molecule has 0 N–H and O–H groups in total. The Bertz CT molecular complexity index is 818. The SMILES string of the molecule is Cc1ccc(N(c2ccc(OC=O)cc2)c2ccc(OC=O)cc2)cc1. The van der Waals surface area contributed by atoms with Crippen LogP contribution in [0.15, 0.2) is 72.8 Å². The fraction of sp³-hybridized carbons (Fsp3) is 0.0476. The summed E-state index contributed by atoms with van der Waals surface area (Å²) in [6.07, 6.45) is 0. The molecule has 0 aliphatic carbocycles. The van der Waals surface area contributed by atoms with Gasteiger partial charge in [0, 0.05) is 17.1 Å². The fourth-order valence-corrected chi connectivity index (χ4v) is 2.60. The van der Waals surface area contributed by atoms with E-state index in [0.29, 0.717) is 24.4 Å². The summed E-state index contributed by atoms with van der Waals surface area (Å²) in [5, 5.41) is 0. The Kier molecular flexibility index (Phi) is 5.29. The highest BCUT2D eigenvalue weighted by atomic mass is 16.5. The number of aryl methyl sites for hydroxylation is 1. The number of carbonyl (C=O) groups is 2. The van der Waals surface area contributed by atoms with Crippen LogP contribution in [0.2, 0.25) is 0 Å². The summed E-state index contributed by atoms with van der Waals surface area (Å²) in [5.74, 6) is 0.949. The van der Waals surface area contributed by atoms with Crippen LogP contribution >= 0.6 is 0 Å². The number of hydrogen-bond acceptors (Lipinski definition) is 5. The van der Waals surface area contributed by atoms with Crippen molar-refractivity contribution in [3.8, 4) is 11.5 Å². The zero-order valence-electron chi connectivity index (χ0n) is 14.2. The third kappa shape index (κ3) is 3.89. The molecule has 0 aliphatic rings. The van der Waals surface area contributed by atoms with E-state index < -0.39 is 0 Å². The van der Waals surface area contributed by atoms with E-state index in [0.717, 1.165) is 22.6 Å². The van der Waals surface area contributed by atoms with Gasteiger partial charge in [0.25, 0.3) is 12.9 Å². The number of hydrogen-bond donors (Lipinski definition) is 0. The molecule has 3 rings (SSSR count). The van der Waals surface area contributed by atoms with Gasteiger partial charge in [0.15, 0.2) is 0 Å². The zero-order chi connectivity index (χ0) is 18.4. The molecule has 0 aliphatic heterocycles. The minimum Gasteiger partial charge on any atom is -0.429 e. The Labute approximate surface area is 151 Å². The molecule has 0 fully saturated rings. The van der Waals surface area contributed by atoms with Crippen molar-refractivity contribution < 1.29 is 19.1 Å². The maximum Gasteiger partial charge on any atom is 0.298 e. The molecule has 0 radical (unpaired) electrons. The maximum atomic E-state index is 10.5. The third-order valence-corrected chi connectivity index (χ3v) is 3.85. The van der Waals surface area contributed by atoms with E-state index in [2.05, 4.69) is 4.90 Å². The first kappa shape index (κ1) is 17.2. The average Bonchev–Trinajstić information content (AvgIpc) is 2.67. The van der Waals surface area contributed by atoms with Gasteiger partial charge in [-0.05, 0) is 67.6 Å². The lowest BCUT2D eigenvalue weighted by molar-refractivity contribution is -0.121. The van der Waals surface area contributed by atoms with Crippen LogP contribution in [0.25, 0.3) is 0 Å². The summed E-state index contributed by atoms with van der Waals surface area (Å²) in [4.78, 5) is 23.0. The van der Waals surface area contributed by atoms with Gasteiger partial charge in [0.1, 0.15) is 11.5 Å². The van der Waals surface area contributed by atoms with Gasteiger partial charge in [-0.2, -0.15) is 0 Å². The second-order valence-corrected chi connectivity index (χ2v) is 5.59. The van der Waals surface area contributed by atoms with Gasteiger partial charge in [-0.15, -0.1) is 0 Å². The molecule has 0 amide bonds. The highest BCUT2D eigenvalue weighted by molar-refractivity contribution is 5.77. The normalized spacial score (nSPS) is 10.0. The third-order valence-electron chi connectivity index (χ3n) is 3.85. The number of ether oxygens (including phenoxy) is 2. The minimum absolute atomic E-state index is 0.401. The van der Waals surface area contributed by atoms with Crippen LogP contribution < -0.4 is 14.4 Å². The summed E-state index contributed by atoms with van der Waals surface area (Å²) in [6, 6.07) is 22.5. The van der Waals surface area contributed by atoms with Crippen LogP contribution in [-0.4, -0.2) is 12.9 Å². The quantitative estimate of drug-likeness (QED) is 0.588. The molecule has 0 bridgehead atoms. The second-order valence-electron chi connectivity index (χ2n) is 5.59. The van der Waals surface area contributed by atoms with Gasteiger partial charge < -0.3 is 14.4 Å². The van der Waals surface area contributed by atoms with Crippen molar-refractivity contribution in [3.05, 3.63) is 78.4 Å². The first-order chi connectivity index (χ1) is 12.7. The molecule has 3 aromatic rings. The number of benzene rings is 3. The second kappa shape index (κ2) is 7.98. The Morgan fingerprint density at radius 3 is 1.31 bits per heavy atom. The van der Waals surface area contributed by atoms with Gasteiger partial charge in [0.2, 0.25) is 0 Å². The zero-order valence-corrected chi connectivity index (χ0v) is 14.2. The van der Waals surface area contributed by atoms with Gasteiger partial charge in [-0.1, -0.05) is 17.7 Å². The van der Waals surface area contributed by atoms with Crippen molar-refractivity contribution in [1.82, 2.24) is 0 Å². The first-order valence-corrected chi connectivity index (χ1v) is 7.99. The Hall–Kier alpha value is -3.60. The highest BCUT2D eigenvalue weighted by Gasteiger charge is 2.12. The van der Waals surface area contributed by atoms with Crippen LogP contribution in [0.3, 0.4) is 0 Å². The summed E-state index contributed by atoms with van der Waals surface area (Å²) >= 11 is 0. The van der Waals surface area contributed by atoms with E-state index in [9.17, 15) is 9.59 Å². The molecule has 0 aromatic heterocycles. The molecule has 0 saturated carbocycles. The lowest BCUT2D eigenvalue weighted by Crippen LogP contribution is -2.09. The Morgan fingerprint density at radius 2 is 0.962 bits per heavy atom. The molecular formula is C21H17NO4. The first-order valence-electron chi connectivity index (χ1n) is 7.99. The summed E-state index contributed by atoms with van der Waals surface area (Å²) in [6.45, 7) is 2.84. The van der Waals surface area contributed by atoms with E-state index in [4.69, 9.17) is 9.47 Å². The molecule has 0 atom stereocenters. The molecule has 0 spiro atoms. The smallest absolute Gasteiger partial charge is 0.298 e. The van der Waals surface area contributed by atoms with E-state index >= 15 is 0 Å². The van der Waals surface area contributed by atoms with Crippen LogP contribution in [0.1, 0.15) is 5.56 Å². The topological polar surface area (TPSA) is 55.8 Å². The van der Waals surface area contributed by atoms with Gasteiger partial charge in [0.05, 0.1) is 0 Å². The molecule has 26 heavy (non-hydrogen) atoms. The van der Waals surface area contributed by atoms with Crippen molar-refractivity contribution in [1.29, 1.82) is 0 Å². The molecule has 0 unspecified atom stereocenters. The fourth-order valence-electron chi connectivity index (χ4n) is 2.60. The highest BCUT2D eigenvalue weighted by Crippen LogP contribution is 2.36. The van der Waals surface area contributed by atoms with Crippen molar-refractivity contribution in [2.24, 2.45) is 0 Å². The Morgan fingerprint density at radius 1 is 0.615 bits per heavy atom. The molecule has 5 nitrogen and oxygen atoms in total. The van der Waals surface area contributed by atoms with Gasteiger partial charge in [-0.25, -0.2) is 0 Å². The number of anilines is 3. The summed E-state index contributed by atoms with van der Waals surface area (Å²) in [5.41, 5.74) is 3.94. The van der Waals surface area contributed by atoms with Crippen molar-refractivity contribution >= 4 is 30.0 Å². The molecular weight excluding hydrogens is 330 g/mol. The predicted molar refractivity (Wildman–Crippen MR) is 99.2 cm³/mol. The lowest BCUT2D eigenvalue weighted by Gasteiger charge is -2.25. The van der Waals surface area contributed by atoms with E-state index in [1.54, 1.807) is 24.3 Å². The van der Waals surface area contributed by atoms with Crippen LogP contribution in [0.4, 0.5) is 17.1 Å². The molecule has 0 saturated heterocycles. The van der Waals surface area contributed by atoms with Gasteiger partial charge in [-0.3, -0.25) is 9.59 Å². The van der Waals surface area contributed by atoms with Crippen LogP contribution in [0, 0.1) is 6.92 Å². The minimum atomic E-state index is 0.401. The maximum absolute atomic E-state index is 10.5. The summed E-state index contributed by atoms with van der Waals surface area (Å²) < 4.78 is 9.72. The average molecular weight is 347 g/mol. The molecule has 3 aromatic carbocycles. The number of carbonyl (C=O) groups excluding carboxylic acids is 2. The summed E-state index contributed by atoms with van der Waals surface area (Å²) in [7, 11) is 0. The molecule has 130 valence electrons. The van der Waals surface area contributed by atoms with E-state index in [1.807, 2.05) is 55.5 Å². The monoisotopic (exact) mass is 347 g/mol. The number of nitrogens with zero attached hydrogens (tertiary/aromatic N) is 1. The van der Waals surface area contributed by atoms with Gasteiger partial charge >= 0.3 is 0 Å². The van der Waals surface area contributed by atoms with Crippen LogP contribution in [-0.2, 0) is 9.59 Å². The van der Waals surface area contributed by atoms with Crippen molar-refractivity contribution in [2.45, 2.75) is 6.92 Å². The largest absolute Gasteiger partial charge is 0.429 e. The predicted octanol–water partition coefficient (Wildman–Crippen LogP) is 4.54. The lowest BCUT2D eigenvalue weighted by atomic mass is 10.1. The number of rotatable bonds is 7. The standard InChI is InChI=1S/C21H17NO4/c1-16-2-4-17(5-3-16)22(18-6-10-20(11-7-18)25-14-23)19-8-12-21(13-9-19)26-15-24/h2-15H,1H3. The van der Waals surface area contributed by atoms with Crippen molar-refractivity contribution in [3.63, 3.8) is 0 Å². The van der Waals surface area contributed by atoms with E-state index in [-0.39, 0.29) is 0 Å². The molecule has 0 heterocycles. The Balaban J connectivity index is 2.02. The van der Waals surface area contributed by atoms with E-state index in [1.165, 1.54) is 0 Å². The van der Waals surface area contributed by atoms with Crippen LogP contribution in [0.5, 0.6) is 11.5 Å². The molecule has 5 heteroatoms.